The maximum absolute atomic E-state index is 13.2. The largest absolute Gasteiger partial charge is 0.490 e. The van der Waals surface area contributed by atoms with E-state index in [1.165, 1.54) is 4.90 Å². The van der Waals surface area contributed by atoms with Crippen molar-refractivity contribution in [2.75, 3.05) is 6.61 Å². The molecule has 0 aliphatic carbocycles. The molecule has 6 heteroatoms. The molecule has 0 N–H and O–H groups in total. The van der Waals surface area contributed by atoms with Crippen molar-refractivity contribution in [2.24, 2.45) is 0 Å². The summed E-state index contributed by atoms with van der Waals surface area (Å²) in [5.41, 5.74) is 2.76. The molecule has 0 aromatic heterocycles. The smallest absolute Gasteiger partial charge is 0.293 e. The van der Waals surface area contributed by atoms with Gasteiger partial charge in [-0.15, -0.1) is 0 Å². The lowest BCUT2D eigenvalue weighted by molar-refractivity contribution is -0.123. The van der Waals surface area contributed by atoms with Gasteiger partial charge in [0.05, 0.1) is 18.1 Å². The first-order chi connectivity index (χ1) is 17.6. The van der Waals surface area contributed by atoms with E-state index in [0.717, 1.165) is 39.2 Å². The molecule has 0 atom stereocenters. The number of fused-ring (bicyclic) bond motifs is 1. The molecule has 1 saturated heterocycles. The molecular weight excluding hydrogens is 470 g/mol. The number of amides is 2. The van der Waals surface area contributed by atoms with Crippen molar-refractivity contribution in [3.05, 3.63) is 113 Å². The average molecular weight is 496 g/mol. The second kappa shape index (κ2) is 10.7. The lowest BCUT2D eigenvalue weighted by atomic mass is 10.0. The number of imide groups is 1. The van der Waals surface area contributed by atoms with Crippen LogP contribution in [0.2, 0.25) is 0 Å². The summed E-state index contributed by atoms with van der Waals surface area (Å²) in [6.07, 6.45) is 1.73. The van der Waals surface area contributed by atoms with Gasteiger partial charge in [-0.25, -0.2) is 0 Å². The lowest BCUT2D eigenvalue weighted by Crippen LogP contribution is -2.27. The average Bonchev–Trinajstić information content (AvgIpc) is 3.16. The maximum Gasteiger partial charge on any atom is 0.293 e. The normalized spacial score (nSPS) is 14.6. The van der Waals surface area contributed by atoms with Crippen LogP contribution in [0, 0.1) is 0 Å². The molecule has 0 radical (unpaired) electrons. The summed E-state index contributed by atoms with van der Waals surface area (Å²) in [5.74, 6) is 0.930. The predicted molar refractivity (Wildman–Crippen MR) is 144 cm³/mol. The Morgan fingerprint density at radius 3 is 2.44 bits per heavy atom. The lowest BCUT2D eigenvalue weighted by Gasteiger charge is -2.14. The summed E-state index contributed by atoms with van der Waals surface area (Å²) >= 11 is 0.959. The number of ether oxygens (including phenoxy) is 2. The van der Waals surface area contributed by atoms with Crippen molar-refractivity contribution in [3.63, 3.8) is 0 Å². The van der Waals surface area contributed by atoms with E-state index < -0.39 is 0 Å². The molecule has 0 saturated carbocycles. The highest BCUT2D eigenvalue weighted by molar-refractivity contribution is 8.18. The zero-order valence-electron chi connectivity index (χ0n) is 19.8. The first kappa shape index (κ1) is 23.7. The van der Waals surface area contributed by atoms with Crippen LogP contribution in [0.5, 0.6) is 11.5 Å². The highest BCUT2D eigenvalue weighted by Crippen LogP contribution is 2.36. The number of benzene rings is 4. The van der Waals surface area contributed by atoms with Crippen molar-refractivity contribution < 1.29 is 19.1 Å². The highest BCUT2D eigenvalue weighted by Gasteiger charge is 2.35. The first-order valence-electron chi connectivity index (χ1n) is 11.8. The maximum atomic E-state index is 13.2. The molecule has 4 aromatic carbocycles. The number of hydrogen-bond donors (Lipinski definition) is 0. The number of nitrogens with zero attached hydrogens (tertiary/aromatic N) is 1. The van der Waals surface area contributed by atoms with E-state index in [2.05, 4.69) is 0 Å². The van der Waals surface area contributed by atoms with Gasteiger partial charge in [-0.05, 0) is 64.4 Å². The summed E-state index contributed by atoms with van der Waals surface area (Å²) < 4.78 is 11.8. The van der Waals surface area contributed by atoms with Gasteiger partial charge in [0.2, 0.25) is 0 Å². The molecule has 2 amide bonds. The van der Waals surface area contributed by atoms with Crippen LogP contribution in [0.15, 0.2) is 95.9 Å². The van der Waals surface area contributed by atoms with Crippen LogP contribution in [0.4, 0.5) is 4.79 Å². The van der Waals surface area contributed by atoms with E-state index in [1.54, 1.807) is 6.08 Å². The van der Waals surface area contributed by atoms with Crippen molar-refractivity contribution in [1.82, 2.24) is 4.90 Å². The minimum atomic E-state index is -0.291. The summed E-state index contributed by atoms with van der Waals surface area (Å²) in [6.45, 7) is 3.05. The van der Waals surface area contributed by atoms with Gasteiger partial charge in [0.1, 0.15) is 6.61 Å². The Hall–Kier alpha value is -4.03. The van der Waals surface area contributed by atoms with Crippen LogP contribution in [0.25, 0.3) is 16.8 Å². The second-order valence-corrected chi connectivity index (χ2v) is 9.31. The molecule has 5 rings (SSSR count). The van der Waals surface area contributed by atoms with Gasteiger partial charge < -0.3 is 9.47 Å². The molecule has 1 fully saturated rings. The Kier molecular flexibility index (Phi) is 7.05. The first-order valence-corrected chi connectivity index (χ1v) is 12.6. The van der Waals surface area contributed by atoms with Crippen molar-refractivity contribution in [3.8, 4) is 11.5 Å². The van der Waals surface area contributed by atoms with E-state index in [9.17, 15) is 9.59 Å². The van der Waals surface area contributed by atoms with Gasteiger partial charge in [-0.3, -0.25) is 14.5 Å². The van der Waals surface area contributed by atoms with E-state index in [1.807, 2.05) is 97.9 Å². The van der Waals surface area contributed by atoms with Gasteiger partial charge in [0.25, 0.3) is 11.1 Å². The third kappa shape index (κ3) is 5.14. The Labute approximate surface area is 214 Å². The van der Waals surface area contributed by atoms with Crippen LogP contribution in [0.1, 0.15) is 23.6 Å². The Bertz CT molecular complexity index is 1440. The zero-order valence-corrected chi connectivity index (χ0v) is 20.7. The van der Waals surface area contributed by atoms with Gasteiger partial charge in [-0.2, -0.15) is 0 Å². The summed E-state index contributed by atoms with van der Waals surface area (Å²) in [5, 5.41) is 1.85. The Balaban J connectivity index is 1.35. The Morgan fingerprint density at radius 1 is 0.833 bits per heavy atom. The van der Waals surface area contributed by atoms with E-state index in [-0.39, 0.29) is 17.7 Å². The molecule has 4 aromatic rings. The van der Waals surface area contributed by atoms with Crippen LogP contribution in [-0.4, -0.2) is 22.7 Å². The van der Waals surface area contributed by atoms with Crippen LogP contribution < -0.4 is 9.47 Å². The number of thioether (sulfide) groups is 1. The molecule has 180 valence electrons. The third-order valence-corrected chi connectivity index (χ3v) is 6.79. The van der Waals surface area contributed by atoms with Crippen LogP contribution in [0.3, 0.4) is 0 Å². The van der Waals surface area contributed by atoms with Gasteiger partial charge in [0, 0.05) is 0 Å². The molecular formula is C30H25NO4S. The standard InChI is InChI=1S/C30H25NO4S/c1-2-34-27-17-22(15-16-26(27)35-20-21-9-4-3-5-10-21)18-28-29(32)31(30(33)36-28)19-24-13-8-12-23-11-6-7-14-25(23)24/h3-18H,2,19-20H2,1H3/b28-18+. The monoisotopic (exact) mass is 495 g/mol. The minimum Gasteiger partial charge on any atom is -0.490 e. The van der Waals surface area contributed by atoms with Gasteiger partial charge >= 0.3 is 0 Å². The third-order valence-electron chi connectivity index (χ3n) is 5.88. The van der Waals surface area contributed by atoms with E-state index in [4.69, 9.17) is 9.47 Å². The van der Waals surface area contributed by atoms with Crippen LogP contribution in [-0.2, 0) is 17.9 Å². The predicted octanol–water partition coefficient (Wildman–Crippen LogP) is 7.05. The molecule has 1 aliphatic heterocycles. The quantitative estimate of drug-likeness (QED) is 0.245. The summed E-state index contributed by atoms with van der Waals surface area (Å²) in [6, 6.07) is 29.3. The molecule has 5 nitrogen and oxygen atoms in total. The van der Waals surface area contributed by atoms with E-state index >= 15 is 0 Å². The van der Waals surface area contributed by atoms with Crippen molar-refractivity contribution >= 4 is 39.8 Å². The fourth-order valence-electron chi connectivity index (χ4n) is 4.13. The molecule has 1 heterocycles. The number of carbonyl (C=O) groups excluding carboxylic acids is 2. The Morgan fingerprint density at radius 2 is 1.61 bits per heavy atom. The van der Waals surface area contributed by atoms with Crippen molar-refractivity contribution in [2.45, 2.75) is 20.1 Å². The zero-order chi connectivity index (χ0) is 24.9. The topological polar surface area (TPSA) is 55.8 Å². The number of hydrogen-bond acceptors (Lipinski definition) is 5. The number of carbonyl (C=O) groups is 2. The molecule has 36 heavy (non-hydrogen) atoms. The number of rotatable bonds is 8. The molecule has 1 aliphatic rings. The fraction of sp³-hybridized carbons (Fsp3) is 0.133. The summed E-state index contributed by atoms with van der Waals surface area (Å²) in [7, 11) is 0. The van der Waals surface area contributed by atoms with E-state index in [0.29, 0.717) is 29.6 Å². The molecule has 0 bridgehead atoms. The molecule has 0 spiro atoms. The molecule has 0 unspecified atom stereocenters. The SMILES string of the molecule is CCOc1cc(/C=C2/SC(=O)N(Cc3cccc4ccccc34)C2=O)ccc1OCc1ccccc1. The second-order valence-electron chi connectivity index (χ2n) is 8.32. The van der Waals surface area contributed by atoms with Crippen molar-refractivity contribution in [1.29, 1.82) is 0 Å². The summed E-state index contributed by atoms with van der Waals surface area (Å²) in [4.78, 5) is 27.6. The van der Waals surface area contributed by atoms with Gasteiger partial charge in [0.15, 0.2) is 11.5 Å². The van der Waals surface area contributed by atoms with Gasteiger partial charge in [-0.1, -0.05) is 78.9 Å². The highest BCUT2D eigenvalue weighted by atomic mass is 32.2. The van der Waals surface area contributed by atoms with Crippen LogP contribution >= 0.6 is 11.8 Å². The fourth-order valence-corrected chi connectivity index (χ4v) is 4.96. The minimum absolute atomic E-state index is 0.236.